The monoisotopic (exact) mass is 664 g/mol. The molecular weight excluding hydrogens is 637 g/mol. The molecule has 0 radical (unpaired) electrons. The largest absolute Gasteiger partial charge is 0.456 e. The zero-order chi connectivity index (χ0) is 34.2. The third-order valence-corrected chi connectivity index (χ3v) is 10.2. The predicted molar refractivity (Wildman–Crippen MR) is 212 cm³/mol. The number of hydrogen-bond donors (Lipinski definition) is 0. The van der Waals surface area contributed by atoms with E-state index in [-0.39, 0.29) is 0 Å². The lowest BCUT2D eigenvalue weighted by Gasteiger charge is -2.11. The molecule has 0 spiro atoms. The molecule has 0 aliphatic rings. The van der Waals surface area contributed by atoms with Gasteiger partial charge in [-0.2, -0.15) is 5.10 Å². The van der Waals surface area contributed by atoms with Crippen LogP contribution in [-0.4, -0.2) is 19.6 Å². The Morgan fingerprint density at radius 1 is 0.385 bits per heavy atom. The molecule has 5 heteroatoms. The first kappa shape index (κ1) is 28.7. The van der Waals surface area contributed by atoms with E-state index in [1.807, 2.05) is 40.9 Å². The highest BCUT2D eigenvalue weighted by molar-refractivity contribution is 6.18. The molecule has 5 nitrogen and oxygen atoms in total. The second-order valence-electron chi connectivity index (χ2n) is 13.3. The molecular formula is C47H28N4O. The fourth-order valence-corrected chi connectivity index (χ4v) is 7.64. The summed E-state index contributed by atoms with van der Waals surface area (Å²) in [5.41, 5.74) is 12.0. The highest BCUT2D eigenvalue weighted by Gasteiger charge is 2.17. The number of rotatable bonds is 4. The van der Waals surface area contributed by atoms with Crippen LogP contribution in [0.25, 0.3) is 105 Å². The molecule has 0 atom stereocenters. The minimum absolute atomic E-state index is 0.811. The van der Waals surface area contributed by atoms with Crippen molar-refractivity contribution in [1.29, 1.82) is 0 Å². The van der Waals surface area contributed by atoms with Gasteiger partial charge in [0.25, 0.3) is 0 Å². The Morgan fingerprint density at radius 3 is 1.77 bits per heavy atom. The van der Waals surface area contributed by atoms with Gasteiger partial charge >= 0.3 is 0 Å². The van der Waals surface area contributed by atoms with Crippen LogP contribution in [0.4, 0.5) is 0 Å². The number of para-hydroxylation sites is 3. The molecule has 4 heterocycles. The Labute approximate surface area is 298 Å². The molecule has 11 rings (SSSR count). The third-order valence-electron chi connectivity index (χ3n) is 10.2. The van der Waals surface area contributed by atoms with Gasteiger partial charge in [0.2, 0.25) is 0 Å². The molecule has 0 bridgehead atoms. The number of aromatic nitrogens is 4. The van der Waals surface area contributed by atoms with Crippen LogP contribution >= 0.6 is 0 Å². The minimum atomic E-state index is 0.811. The van der Waals surface area contributed by atoms with Gasteiger partial charge in [-0.15, -0.1) is 0 Å². The highest BCUT2D eigenvalue weighted by atomic mass is 16.3. The zero-order valence-corrected chi connectivity index (χ0v) is 27.9. The summed E-state index contributed by atoms with van der Waals surface area (Å²) < 4.78 is 8.29. The third kappa shape index (κ3) is 4.46. The lowest BCUT2D eigenvalue weighted by molar-refractivity contribution is 0.669. The van der Waals surface area contributed by atoms with Gasteiger partial charge in [0.05, 0.1) is 27.9 Å². The van der Waals surface area contributed by atoms with Crippen LogP contribution in [0.15, 0.2) is 174 Å². The minimum Gasteiger partial charge on any atom is -0.456 e. The molecule has 242 valence electrons. The molecule has 0 aliphatic heterocycles. The predicted octanol–water partition coefficient (Wildman–Crippen LogP) is 12.2. The molecule has 0 N–H and O–H groups in total. The second kappa shape index (κ2) is 11.2. The van der Waals surface area contributed by atoms with Gasteiger partial charge < -0.3 is 4.42 Å². The lowest BCUT2D eigenvalue weighted by atomic mass is 9.96. The molecule has 7 aromatic carbocycles. The van der Waals surface area contributed by atoms with Crippen LogP contribution in [0.1, 0.15) is 0 Å². The second-order valence-corrected chi connectivity index (χ2v) is 13.3. The molecule has 0 unspecified atom stereocenters. The molecule has 0 fully saturated rings. The number of nitrogens with zero attached hydrogens (tertiary/aromatic N) is 4. The van der Waals surface area contributed by atoms with E-state index in [1.54, 1.807) is 0 Å². The Balaban J connectivity index is 0.989. The van der Waals surface area contributed by atoms with E-state index in [9.17, 15) is 0 Å². The molecule has 4 aromatic heterocycles. The SMILES string of the molecule is c1ccc(-c2cc3c4ccccc4nc(-c4ccc(-c5ccc(-c6nc7ccccc7c7cc8c(cc67)oc6ccccc68)cc5)cc4)n3n2)cc1. The molecule has 0 saturated carbocycles. The van der Waals surface area contributed by atoms with Crippen LogP contribution < -0.4 is 0 Å². The maximum absolute atomic E-state index is 6.31. The number of furan rings is 1. The summed E-state index contributed by atoms with van der Waals surface area (Å²) in [7, 11) is 0. The van der Waals surface area contributed by atoms with E-state index in [2.05, 4.69) is 133 Å². The van der Waals surface area contributed by atoms with Crippen molar-refractivity contribution in [3.8, 4) is 45.0 Å². The smallest absolute Gasteiger partial charge is 0.161 e. The van der Waals surface area contributed by atoms with Crippen LogP contribution in [-0.2, 0) is 0 Å². The first-order valence-electron chi connectivity index (χ1n) is 17.4. The van der Waals surface area contributed by atoms with E-state index in [1.165, 1.54) is 5.39 Å². The van der Waals surface area contributed by atoms with Gasteiger partial charge in [-0.3, -0.25) is 0 Å². The van der Waals surface area contributed by atoms with Gasteiger partial charge in [0.15, 0.2) is 5.82 Å². The molecule has 11 aromatic rings. The lowest BCUT2D eigenvalue weighted by Crippen LogP contribution is -1.99. The Morgan fingerprint density at radius 2 is 1.00 bits per heavy atom. The van der Waals surface area contributed by atoms with Crippen molar-refractivity contribution in [3.05, 3.63) is 170 Å². The number of hydrogen-bond acceptors (Lipinski definition) is 4. The summed E-state index contributed by atoms with van der Waals surface area (Å²) >= 11 is 0. The van der Waals surface area contributed by atoms with Gasteiger partial charge in [0.1, 0.15) is 11.2 Å². The Hall–Kier alpha value is -7.11. The summed E-state index contributed by atoms with van der Waals surface area (Å²) in [5, 5.41) is 11.7. The number of pyridine rings is 1. The van der Waals surface area contributed by atoms with Crippen molar-refractivity contribution in [3.63, 3.8) is 0 Å². The van der Waals surface area contributed by atoms with E-state index in [0.717, 1.165) is 99.7 Å². The van der Waals surface area contributed by atoms with Crippen molar-refractivity contribution in [2.24, 2.45) is 0 Å². The van der Waals surface area contributed by atoms with Crippen molar-refractivity contribution >= 4 is 60.0 Å². The molecule has 0 aliphatic carbocycles. The first-order chi connectivity index (χ1) is 25.7. The number of fused-ring (bicyclic) bond motifs is 9. The van der Waals surface area contributed by atoms with Crippen molar-refractivity contribution in [1.82, 2.24) is 19.6 Å². The van der Waals surface area contributed by atoms with E-state index >= 15 is 0 Å². The zero-order valence-electron chi connectivity index (χ0n) is 27.9. The van der Waals surface area contributed by atoms with Crippen molar-refractivity contribution in [2.75, 3.05) is 0 Å². The fourth-order valence-electron chi connectivity index (χ4n) is 7.64. The first-order valence-corrected chi connectivity index (χ1v) is 17.4. The molecule has 52 heavy (non-hydrogen) atoms. The fraction of sp³-hybridized carbons (Fsp3) is 0. The van der Waals surface area contributed by atoms with Crippen LogP contribution in [0, 0.1) is 0 Å². The average molecular weight is 665 g/mol. The van der Waals surface area contributed by atoms with Gasteiger partial charge in [0, 0.05) is 43.6 Å². The Kier molecular flexibility index (Phi) is 6.18. The molecule has 0 saturated heterocycles. The van der Waals surface area contributed by atoms with Crippen LogP contribution in [0.3, 0.4) is 0 Å². The topological polar surface area (TPSA) is 56.2 Å². The van der Waals surface area contributed by atoms with E-state index in [0.29, 0.717) is 0 Å². The standard InChI is InChI=1S/C47H28N4O/c1-2-10-31(11-3-1)42-28-43-36-14-5-8-16-41(36)49-47(51(43)50-42)33-24-20-30(21-25-33)29-18-22-32(23-19-29)46-39-27-45-38(35-13-6-9-17-44(35)52-45)26-37(39)34-12-4-7-15-40(34)48-46/h1-28H. The van der Waals surface area contributed by atoms with Gasteiger partial charge in [-0.25, -0.2) is 14.5 Å². The van der Waals surface area contributed by atoms with Crippen LogP contribution in [0.2, 0.25) is 0 Å². The maximum Gasteiger partial charge on any atom is 0.161 e. The van der Waals surface area contributed by atoms with E-state index in [4.69, 9.17) is 19.5 Å². The Bertz CT molecular complexity index is 3160. The van der Waals surface area contributed by atoms with Gasteiger partial charge in [-0.05, 0) is 52.9 Å². The summed E-state index contributed by atoms with van der Waals surface area (Å²) in [6, 6.07) is 59.1. The highest BCUT2D eigenvalue weighted by Crippen LogP contribution is 2.39. The normalized spacial score (nSPS) is 11.8. The van der Waals surface area contributed by atoms with E-state index < -0.39 is 0 Å². The molecule has 0 amide bonds. The summed E-state index contributed by atoms with van der Waals surface area (Å²) in [5.74, 6) is 0.811. The van der Waals surface area contributed by atoms with Gasteiger partial charge in [-0.1, -0.05) is 133 Å². The van der Waals surface area contributed by atoms with Crippen LogP contribution in [0.5, 0.6) is 0 Å². The maximum atomic E-state index is 6.31. The average Bonchev–Trinajstić information content (AvgIpc) is 3.83. The van der Waals surface area contributed by atoms with Crippen molar-refractivity contribution in [2.45, 2.75) is 0 Å². The summed E-state index contributed by atoms with van der Waals surface area (Å²) in [6.45, 7) is 0. The number of benzene rings is 7. The van der Waals surface area contributed by atoms with Crippen molar-refractivity contribution < 1.29 is 4.42 Å². The quantitative estimate of drug-likeness (QED) is 0.176. The summed E-state index contributed by atoms with van der Waals surface area (Å²) in [6.07, 6.45) is 0. The summed E-state index contributed by atoms with van der Waals surface area (Å²) in [4.78, 5) is 10.3.